The van der Waals surface area contributed by atoms with Crippen molar-refractivity contribution in [3.8, 4) is 11.5 Å². The second-order valence-corrected chi connectivity index (χ2v) is 8.32. The van der Waals surface area contributed by atoms with Crippen LogP contribution >= 0.6 is 11.8 Å². The maximum absolute atomic E-state index is 12.8. The molecule has 0 saturated heterocycles. The molecule has 4 aromatic rings. The number of ketones is 1. The number of aromatic nitrogens is 3. The Morgan fingerprint density at radius 1 is 1.06 bits per heavy atom. The molecule has 2 heterocycles. The first-order valence-electron chi connectivity index (χ1n) is 10.3. The number of carbonyl (C=O) groups is 1. The van der Waals surface area contributed by atoms with Crippen molar-refractivity contribution in [2.75, 3.05) is 12.4 Å². The van der Waals surface area contributed by atoms with E-state index in [0.717, 1.165) is 10.8 Å². The van der Waals surface area contributed by atoms with E-state index in [1.54, 1.807) is 6.08 Å². The molecule has 1 aliphatic heterocycles. The zero-order valence-corrected chi connectivity index (χ0v) is 18.1. The van der Waals surface area contributed by atoms with Crippen molar-refractivity contribution in [1.82, 2.24) is 14.8 Å². The molecule has 0 amide bonds. The quantitative estimate of drug-likeness (QED) is 0.225. The Morgan fingerprint density at radius 2 is 1.84 bits per heavy atom. The van der Waals surface area contributed by atoms with Gasteiger partial charge in [-0.3, -0.25) is 9.36 Å². The van der Waals surface area contributed by atoms with Crippen LogP contribution in [0.4, 0.5) is 0 Å². The Kier molecular flexibility index (Phi) is 5.64. The number of Topliss-reactive ketones (excluding diaryl/α,β-unsaturated/α-hetero) is 1. The molecule has 1 atom stereocenters. The van der Waals surface area contributed by atoms with Gasteiger partial charge in [-0.25, -0.2) is 0 Å². The Morgan fingerprint density at radius 3 is 2.69 bits per heavy atom. The molecule has 32 heavy (non-hydrogen) atoms. The number of rotatable bonds is 7. The molecule has 3 aromatic carbocycles. The van der Waals surface area contributed by atoms with E-state index >= 15 is 0 Å². The number of hydrogen-bond donors (Lipinski definition) is 0. The van der Waals surface area contributed by atoms with Gasteiger partial charge < -0.3 is 9.47 Å². The van der Waals surface area contributed by atoms with Crippen LogP contribution < -0.4 is 9.47 Å². The van der Waals surface area contributed by atoms with Crippen molar-refractivity contribution in [3.05, 3.63) is 90.8 Å². The van der Waals surface area contributed by atoms with Gasteiger partial charge in [0.1, 0.15) is 6.61 Å². The fraction of sp³-hybridized carbons (Fsp3) is 0.160. The number of thioether (sulfide) groups is 1. The predicted molar refractivity (Wildman–Crippen MR) is 125 cm³/mol. The summed E-state index contributed by atoms with van der Waals surface area (Å²) in [6.07, 6.45) is 1.39. The number of nitrogens with zero attached hydrogens (tertiary/aromatic N) is 3. The molecular formula is C25H21N3O3S. The number of hydrogen-bond acceptors (Lipinski definition) is 6. The van der Waals surface area contributed by atoms with Gasteiger partial charge in [0.25, 0.3) is 0 Å². The lowest BCUT2D eigenvalue weighted by Crippen LogP contribution is -2.25. The maximum Gasteiger partial charge on any atom is 0.192 e. The largest absolute Gasteiger partial charge is 0.485 e. The molecule has 0 spiro atoms. The summed E-state index contributed by atoms with van der Waals surface area (Å²) in [5.74, 6) is 2.35. The zero-order chi connectivity index (χ0) is 21.9. The summed E-state index contributed by atoms with van der Waals surface area (Å²) in [4.78, 5) is 12.8. The van der Waals surface area contributed by atoms with E-state index in [1.807, 2.05) is 71.3 Å². The van der Waals surface area contributed by atoms with E-state index in [1.165, 1.54) is 11.8 Å². The lowest BCUT2D eigenvalue weighted by molar-refractivity contribution is 0.0821. The third-order valence-corrected chi connectivity index (χ3v) is 6.22. The maximum atomic E-state index is 12.8. The second-order valence-electron chi connectivity index (χ2n) is 7.38. The predicted octanol–water partition coefficient (Wildman–Crippen LogP) is 5.10. The minimum Gasteiger partial charge on any atom is -0.485 e. The lowest BCUT2D eigenvalue weighted by Gasteiger charge is -2.26. The molecule has 6 nitrogen and oxygen atoms in total. The molecule has 0 bridgehead atoms. The molecule has 1 aromatic heterocycles. The van der Waals surface area contributed by atoms with E-state index in [0.29, 0.717) is 41.2 Å². The number of benzene rings is 3. The van der Waals surface area contributed by atoms with Crippen molar-refractivity contribution in [3.63, 3.8) is 0 Å². The molecule has 0 fully saturated rings. The van der Waals surface area contributed by atoms with E-state index < -0.39 is 0 Å². The molecule has 1 aliphatic rings. The van der Waals surface area contributed by atoms with Crippen LogP contribution in [0.15, 0.2) is 84.5 Å². The third-order valence-electron chi connectivity index (χ3n) is 5.26. The summed E-state index contributed by atoms with van der Waals surface area (Å²) in [6.45, 7) is 4.70. The Balaban J connectivity index is 1.33. The highest BCUT2D eigenvalue weighted by atomic mass is 32.2. The Bertz CT molecular complexity index is 1300. The van der Waals surface area contributed by atoms with E-state index in [2.05, 4.69) is 16.8 Å². The van der Waals surface area contributed by atoms with Gasteiger partial charge in [-0.05, 0) is 29.0 Å². The zero-order valence-electron chi connectivity index (χ0n) is 17.3. The summed E-state index contributed by atoms with van der Waals surface area (Å²) in [7, 11) is 0. The van der Waals surface area contributed by atoms with Crippen LogP contribution in [0.25, 0.3) is 10.8 Å². The van der Waals surface area contributed by atoms with Crippen molar-refractivity contribution in [2.24, 2.45) is 0 Å². The molecule has 0 unspecified atom stereocenters. The van der Waals surface area contributed by atoms with E-state index in [9.17, 15) is 4.79 Å². The Labute approximate surface area is 189 Å². The highest BCUT2D eigenvalue weighted by molar-refractivity contribution is 7.99. The molecule has 0 N–H and O–H groups in total. The lowest BCUT2D eigenvalue weighted by atomic mass is 10.1. The van der Waals surface area contributed by atoms with Gasteiger partial charge in [0.15, 0.2) is 34.4 Å². The van der Waals surface area contributed by atoms with Crippen LogP contribution in [0.2, 0.25) is 0 Å². The van der Waals surface area contributed by atoms with Gasteiger partial charge in [0.2, 0.25) is 0 Å². The van der Waals surface area contributed by atoms with Gasteiger partial charge in [-0.1, -0.05) is 66.4 Å². The average Bonchev–Trinajstić information content (AvgIpc) is 3.24. The smallest absolute Gasteiger partial charge is 0.192 e. The van der Waals surface area contributed by atoms with E-state index in [-0.39, 0.29) is 17.6 Å². The van der Waals surface area contributed by atoms with Crippen LogP contribution in [0.5, 0.6) is 11.5 Å². The summed E-state index contributed by atoms with van der Waals surface area (Å²) in [5.41, 5.74) is 0.687. The first-order valence-corrected chi connectivity index (χ1v) is 11.3. The summed E-state index contributed by atoms with van der Waals surface area (Å²) in [5, 5.41) is 11.5. The fourth-order valence-corrected chi connectivity index (χ4v) is 4.52. The molecule has 7 heteroatoms. The monoisotopic (exact) mass is 443 g/mol. The normalized spacial score (nSPS) is 14.9. The number of para-hydroxylation sites is 2. The average molecular weight is 444 g/mol. The molecule has 0 radical (unpaired) electrons. The number of carbonyl (C=O) groups excluding carboxylic acids is 1. The molecular weight excluding hydrogens is 422 g/mol. The second kappa shape index (κ2) is 8.88. The van der Waals surface area contributed by atoms with Crippen LogP contribution in [0, 0.1) is 0 Å². The molecule has 0 aliphatic carbocycles. The summed E-state index contributed by atoms with van der Waals surface area (Å²) < 4.78 is 13.9. The number of ether oxygens (including phenoxy) is 2. The molecule has 0 saturated carbocycles. The minimum absolute atomic E-state index is 0.0432. The first kappa shape index (κ1) is 20.3. The van der Waals surface area contributed by atoms with Crippen LogP contribution in [0.1, 0.15) is 22.3 Å². The highest BCUT2D eigenvalue weighted by Crippen LogP contribution is 2.36. The van der Waals surface area contributed by atoms with Crippen LogP contribution in [-0.2, 0) is 6.54 Å². The van der Waals surface area contributed by atoms with Crippen LogP contribution in [0.3, 0.4) is 0 Å². The first-order chi connectivity index (χ1) is 15.7. The Hall–Kier alpha value is -3.58. The van der Waals surface area contributed by atoms with Gasteiger partial charge >= 0.3 is 0 Å². The highest BCUT2D eigenvalue weighted by Gasteiger charge is 2.28. The van der Waals surface area contributed by atoms with Crippen LogP contribution in [-0.4, -0.2) is 32.9 Å². The van der Waals surface area contributed by atoms with Gasteiger partial charge in [0.05, 0.1) is 5.75 Å². The van der Waals surface area contributed by atoms with Gasteiger partial charge in [-0.15, -0.1) is 16.8 Å². The third kappa shape index (κ3) is 3.99. The minimum atomic E-state index is -0.386. The van der Waals surface area contributed by atoms with Gasteiger partial charge in [-0.2, -0.15) is 0 Å². The van der Waals surface area contributed by atoms with Crippen molar-refractivity contribution in [2.45, 2.75) is 17.8 Å². The molecule has 5 rings (SSSR count). The standard InChI is InChI=1S/C25H21N3O3S/c1-2-13-28-24(23-15-30-21-9-5-6-10-22(21)31-23)26-27-25(28)32-16-20(29)19-12-11-17-7-3-4-8-18(17)14-19/h2-12,14,23H,1,13,15-16H2/t23-/m1/s1. The molecule has 160 valence electrons. The van der Waals surface area contributed by atoms with E-state index in [4.69, 9.17) is 9.47 Å². The SMILES string of the molecule is C=CCn1c(SCC(=O)c2ccc3ccccc3c2)nnc1[C@H]1COc2ccccc2O1. The number of fused-ring (bicyclic) bond motifs is 2. The summed E-state index contributed by atoms with van der Waals surface area (Å²) in [6, 6.07) is 21.3. The van der Waals surface area contributed by atoms with Crippen molar-refractivity contribution >= 4 is 28.3 Å². The number of allylic oxidation sites excluding steroid dienone is 1. The topological polar surface area (TPSA) is 66.2 Å². The van der Waals surface area contributed by atoms with Crippen molar-refractivity contribution < 1.29 is 14.3 Å². The summed E-state index contributed by atoms with van der Waals surface area (Å²) >= 11 is 1.36. The van der Waals surface area contributed by atoms with Crippen molar-refractivity contribution in [1.29, 1.82) is 0 Å². The van der Waals surface area contributed by atoms with Gasteiger partial charge in [0, 0.05) is 12.1 Å². The fourth-order valence-electron chi connectivity index (χ4n) is 3.67.